The molecule has 0 unspecified atom stereocenters. The first-order valence-electron chi connectivity index (χ1n) is 8.77. The van der Waals surface area contributed by atoms with Gasteiger partial charge in [0.1, 0.15) is 5.82 Å². The van der Waals surface area contributed by atoms with Gasteiger partial charge in [0, 0.05) is 11.4 Å². The predicted molar refractivity (Wildman–Crippen MR) is 109 cm³/mol. The highest BCUT2D eigenvalue weighted by atomic mass is 16.5. The molecule has 7 nitrogen and oxygen atoms in total. The van der Waals surface area contributed by atoms with Crippen LogP contribution < -0.4 is 16.0 Å². The third-order valence-electron chi connectivity index (χ3n) is 3.72. The van der Waals surface area contributed by atoms with Crippen LogP contribution in [0.15, 0.2) is 72.9 Å². The number of esters is 1. The van der Waals surface area contributed by atoms with Crippen LogP contribution in [0.3, 0.4) is 0 Å². The quantitative estimate of drug-likeness (QED) is 0.545. The fourth-order valence-electron chi connectivity index (χ4n) is 2.41. The second-order valence-electron chi connectivity index (χ2n) is 5.80. The maximum atomic E-state index is 12.0. The number of urea groups is 1. The van der Waals surface area contributed by atoms with Crippen molar-refractivity contribution >= 4 is 34.9 Å². The minimum atomic E-state index is -0.351. The molecule has 0 fully saturated rings. The van der Waals surface area contributed by atoms with Gasteiger partial charge in [-0.15, -0.1) is 0 Å². The van der Waals surface area contributed by atoms with E-state index in [1.54, 1.807) is 61.7 Å². The maximum Gasteiger partial charge on any atom is 0.338 e. The first kappa shape index (κ1) is 18.9. The average Bonchev–Trinajstić information content (AvgIpc) is 2.71. The lowest BCUT2D eigenvalue weighted by atomic mass is 10.2. The van der Waals surface area contributed by atoms with Crippen molar-refractivity contribution in [2.24, 2.45) is 0 Å². The van der Waals surface area contributed by atoms with E-state index in [0.29, 0.717) is 29.4 Å². The van der Waals surface area contributed by atoms with Crippen LogP contribution in [0.25, 0.3) is 0 Å². The molecule has 28 heavy (non-hydrogen) atoms. The van der Waals surface area contributed by atoms with Gasteiger partial charge in [-0.05, 0) is 55.5 Å². The Morgan fingerprint density at radius 3 is 2.18 bits per heavy atom. The number of hydrogen-bond donors (Lipinski definition) is 3. The highest BCUT2D eigenvalue weighted by molar-refractivity contribution is 5.99. The van der Waals surface area contributed by atoms with Crippen molar-refractivity contribution in [1.82, 2.24) is 4.98 Å². The van der Waals surface area contributed by atoms with E-state index in [-0.39, 0.29) is 12.0 Å². The molecule has 0 aliphatic heterocycles. The molecule has 0 bridgehead atoms. The summed E-state index contributed by atoms with van der Waals surface area (Å²) in [6, 6.07) is 19.2. The summed E-state index contributed by atoms with van der Waals surface area (Å²) in [4.78, 5) is 27.9. The standard InChI is InChI=1S/C21H20N4O3/c1-2-28-20(26)15-8-10-17(11-9-15)23-19-13-12-18(14-22-19)25-21(27)24-16-6-4-3-5-7-16/h3-14H,2H2,1H3,(H,22,23)(H2,24,25,27). The summed E-state index contributed by atoms with van der Waals surface area (Å²) in [5.41, 5.74) is 2.54. The number of para-hydroxylation sites is 1. The number of amides is 2. The van der Waals surface area contributed by atoms with E-state index in [1.807, 2.05) is 18.2 Å². The molecule has 2 aromatic carbocycles. The number of carbonyl (C=O) groups excluding carboxylic acids is 2. The van der Waals surface area contributed by atoms with Gasteiger partial charge in [0.15, 0.2) is 0 Å². The lowest BCUT2D eigenvalue weighted by molar-refractivity contribution is 0.0526. The van der Waals surface area contributed by atoms with Crippen molar-refractivity contribution in [3.63, 3.8) is 0 Å². The van der Waals surface area contributed by atoms with E-state index in [9.17, 15) is 9.59 Å². The Morgan fingerprint density at radius 1 is 0.857 bits per heavy atom. The number of ether oxygens (including phenoxy) is 1. The lowest BCUT2D eigenvalue weighted by Crippen LogP contribution is -2.19. The summed E-state index contributed by atoms with van der Waals surface area (Å²) in [5, 5.41) is 8.59. The summed E-state index contributed by atoms with van der Waals surface area (Å²) in [5.74, 6) is 0.259. The number of hydrogen-bond acceptors (Lipinski definition) is 5. The van der Waals surface area contributed by atoms with Crippen LogP contribution in [-0.4, -0.2) is 23.6 Å². The fourth-order valence-corrected chi connectivity index (χ4v) is 2.41. The van der Waals surface area contributed by atoms with Crippen LogP contribution in [-0.2, 0) is 4.74 Å². The molecule has 3 aromatic rings. The highest BCUT2D eigenvalue weighted by Crippen LogP contribution is 2.17. The maximum absolute atomic E-state index is 12.0. The Morgan fingerprint density at radius 2 is 1.54 bits per heavy atom. The Bertz CT molecular complexity index is 926. The van der Waals surface area contributed by atoms with E-state index in [0.717, 1.165) is 5.69 Å². The van der Waals surface area contributed by atoms with Gasteiger partial charge in [-0.25, -0.2) is 14.6 Å². The van der Waals surface area contributed by atoms with Crippen molar-refractivity contribution in [2.45, 2.75) is 6.92 Å². The van der Waals surface area contributed by atoms with Gasteiger partial charge in [-0.2, -0.15) is 0 Å². The second kappa shape index (κ2) is 9.18. The smallest absolute Gasteiger partial charge is 0.338 e. The van der Waals surface area contributed by atoms with Gasteiger partial charge in [-0.1, -0.05) is 18.2 Å². The van der Waals surface area contributed by atoms with Crippen molar-refractivity contribution in [3.05, 3.63) is 78.5 Å². The molecular weight excluding hydrogens is 356 g/mol. The Balaban J connectivity index is 1.55. The molecule has 0 aliphatic rings. The van der Waals surface area contributed by atoms with Crippen molar-refractivity contribution in [3.8, 4) is 0 Å². The van der Waals surface area contributed by atoms with E-state index < -0.39 is 0 Å². The Labute approximate surface area is 162 Å². The highest BCUT2D eigenvalue weighted by Gasteiger charge is 2.06. The zero-order valence-electron chi connectivity index (χ0n) is 15.3. The van der Waals surface area contributed by atoms with E-state index in [2.05, 4.69) is 20.9 Å². The molecule has 3 N–H and O–H groups in total. The topological polar surface area (TPSA) is 92.4 Å². The van der Waals surface area contributed by atoms with Gasteiger partial charge in [-0.3, -0.25) is 0 Å². The van der Waals surface area contributed by atoms with Gasteiger partial charge < -0.3 is 20.7 Å². The normalized spacial score (nSPS) is 10.0. The van der Waals surface area contributed by atoms with Crippen LogP contribution in [0.2, 0.25) is 0 Å². The van der Waals surface area contributed by atoms with Gasteiger partial charge >= 0.3 is 12.0 Å². The average molecular weight is 376 g/mol. The predicted octanol–water partition coefficient (Wildman–Crippen LogP) is 4.65. The minimum Gasteiger partial charge on any atom is -0.462 e. The first-order valence-corrected chi connectivity index (χ1v) is 8.77. The van der Waals surface area contributed by atoms with Crippen molar-refractivity contribution < 1.29 is 14.3 Å². The molecule has 0 aliphatic carbocycles. The number of nitrogens with zero attached hydrogens (tertiary/aromatic N) is 1. The molecule has 0 radical (unpaired) electrons. The second-order valence-corrected chi connectivity index (χ2v) is 5.80. The number of benzene rings is 2. The van der Waals surface area contributed by atoms with E-state index >= 15 is 0 Å². The molecule has 1 heterocycles. The van der Waals surface area contributed by atoms with Crippen LogP contribution >= 0.6 is 0 Å². The van der Waals surface area contributed by atoms with Crippen molar-refractivity contribution in [1.29, 1.82) is 0 Å². The molecule has 3 rings (SSSR count). The molecule has 142 valence electrons. The number of nitrogens with one attached hydrogen (secondary N) is 3. The zero-order chi connectivity index (χ0) is 19.8. The number of aromatic nitrogens is 1. The SMILES string of the molecule is CCOC(=O)c1ccc(Nc2ccc(NC(=O)Nc3ccccc3)cn2)cc1. The van der Waals surface area contributed by atoms with Crippen molar-refractivity contribution in [2.75, 3.05) is 22.6 Å². The number of carbonyl (C=O) groups is 2. The largest absolute Gasteiger partial charge is 0.462 e. The summed E-state index contributed by atoms with van der Waals surface area (Å²) in [7, 11) is 0. The summed E-state index contributed by atoms with van der Waals surface area (Å²) in [6.45, 7) is 2.11. The molecule has 0 atom stereocenters. The Hall–Kier alpha value is -3.87. The molecule has 1 aromatic heterocycles. The molecule has 2 amide bonds. The monoisotopic (exact) mass is 376 g/mol. The Kier molecular flexibility index (Phi) is 6.20. The lowest BCUT2D eigenvalue weighted by Gasteiger charge is -2.09. The third-order valence-corrected chi connectivity index (χ3v) is 3.72. The zero-order valence-corrected chi connectivity index (χ0v) is 15.3. The number of rotatable bonds is 6. The van der Waals surface area contributed by atoms with E-state index in [4.69, 9.17) is 4.74 Å². The third kappa shape index (κ3) is 5.31. The minimum absolute atomic E-state index is 0.340. The van der Waals surface area contributed by atoms with E-state index in [1.165, 1.54) is 0 Å². The van der Waals surface area contributed by atoms with Crippen LogP contribution in [0.5, 0.6) is 0 Å². The van der Waals surface area contributed by atoms with Crippen LogP contribution in [0.4, 0.5) is 27.7 Å². The molecule has 7 heteroatoms. The number of anilines is 4. The van der Waals surface area contributed by atoms with Gasteiger partial charge in [0.25, 0.3) is 0 Å². The molecular formula is C21H20N4O3. The first-order chi connectivity index (χ1) is 13.6. The van der Waals surface area contributed by atoms with Gasteiger partial charge in [0.2, 0.25) is 0 Å². The summed E-state index contributed by atoms with van der Waals surface area (Å²) < 4.78 is 4.96. The molecule has 0 saturated heterocycles. The summed E-state index contributed by atoms with van der Waals surface area (Å²) >= 11 is 0. The number of pyridine rings is 1. The van der Waals surface area contributed by atoms with Crippen LogP contribution in [0.1, 0.15) is 17.3 Å². The molecule has 0 spiro atoms. The van der Waals surface area contributed by atoms with Crippen LogP contribution in [0, 0.1) is 0 Å². The van der Waals surface area contributed by atoms with Gasteiger partial charge in [0.05, 0.1) is 24.1 Å². The summed E-state index contributed by atoms with van der Waals surface area (Å²) in [6.07, 6.45) is 1.56. The fraction of sp³-hybridized carbons (Fsp3) is 0.0952. The molecule has 0 saturated carbocycles.